The summed E-state index contributed by atoms with van der Waals surface area (Å²) < 4.78 is 0. The van der Waals surface area contributed by atoms with Gasteiger partial charge in [0.05, 0.1) is 0 Å². The first-order valence-electron chi connectivity index (χ1n) is 5.24. The lowest BCUT2D eigenvalue weighted by Gasteiger charge is -2.02. The molecule has 0 saturated heterocycles. The fourth-order valence-corrected chi connectivity index (χ4v) is 3.68. The average molecular weight is 294 g/mol. The molecular formula is C12H8ClN3S2. The van der Waals surface area contributed by atoms with Crippen molar-refractivity contribution in [1.82, 2.24) is 15.0 Å². The number of aryl methyl sites for hydroxylation is 1. The van der Waals surface area contributed by atoms with E-state index >= 15 is 0 Å². The molecule has 0 fully saturated rings. The molecule has 0 atom stereocenters. The summed E-state index contributed by atoms with van der Waals surface area (Å²) >= 11 is 9.16. The lowest BCUT2D eigenvalue weighted by atomic mass is 10.4. The molecule has 0 spiro atoms. The Morgan fingerprint density at radius 2 is 2.00 bits per heavy atom. The van der Waals surface area contributed by atoms with Crippen LogP contribution in [-0.2, 0) is 0 Å². The SMILES string of the molecule is Cc1cc2c(Sc3ccncc3)nc(Cl)nc2s1. The van der Waals surface area contributed by atoms with Crippen molar-refractivity contribution in [2.24, 2.45) is 0 Å². The highest BCUT2D eigenvalue weighted by Crippen LogP contribution is 2.35. The molecule has 6 heteroatoms. The highest BCUT2D eigenvalue weighted by atomic mass is 35.5. The first-order chi connectivity index (χ1) is 8.72. The van der Waals surface area contributed by atoms with Gasteiger partial charge in [-0.25, -0.2) is 9.97 Å². The van der Waals surface area contributed by atoms with E-state index < -0.39 is 0 Å². The Morgan fingerprint density at radius 3 is 2.78 bits per heavy atom. The smallest absolute Gasteiger partial charge is 0.224 e. The quantitative estimate of drug-likeness (QED) is 0.524. The van der Waals surface area contributed by atoms with Crippen molar-refractivity contribution in [2.45, 2.75) is 16.8 Å². The lowest BCUT2D eigenvalue weighted by Crippen LogP contribution is -1.86. The Bertz CT molecular complexity index is 697. The fraction of sp³-hybridized carbons (Fsp3) is 0.0833. The van der Waals surface area contributed by atoms with Gasteiger partial charge in [-0.3, -0.25) is 4.98 Å². The molecule has 0 radical (unpaired) electrons. The summed E-state index contributed by atoms with van der Waals surface area (Å²) in [6, 6.07) is 6.00. The van der Waals surface area contributed by atoms with Gasteiger partial charge in [0.15, 0.2) is 0 Å². The Hall–Kier alpha value is -1.17. The molecule has 0 N–H and O–H groups in total. The monoisotopic (exact) mass is 293 g/mol. The maximum Gasteiger partial charge on any atom is 0.224 e. The van der Waals surface area contributed by atoms with Gasteiger partial charge in [-0.05, 0) is 36.7 Å². The van der Waals surface area contributed by atoms with Gasteiger partial charge in [0.2, 0.25) is 5.28 Å². The van der Waals surface area contributed by atoms with E-state index in [0.29, 0.717) is 5.28 Å². The molecule has 0 aliphatic heterocycles. The predicted molar refractivity (Wildman–Crippen MR) is 75.5 cm³/mol. The van der Waals surface area contributed by atoms with Crippen molar-refractivity contribution >= 4 is 44.9 Å². The second kappa shape index (κ2) is 4.84. The maximum atomic E-state index is 5.96. The van der Waals surface area contributed by atoms with Gasteiger partial charge in [-0.2, -0.15) is 0 Å². The van der Waals surface area contributed by atoms with E-state index in [2.05, 4.69) is 27.9 Å². The molecule has 3 nitrogen and oxygen atoms in total. The van der Waals surface area contributed by atoms with Crippen LogP contribution in [-0.4, -0.2) is 15.0 Å². The van der Waals surface area contributed by atoms with Gasteiger partial charge in [-0.15, -0.1) is 11.3 Å². The summed E-state index contributed by atoms with van der Waals surface area (Å²) in [4.78, 5) is 15.8. The zero-order chi connectivity index (χ0) is 12.5. The summed E-state index contributed by atoms with van der Waals surface area (Å²) in [7, 11) is 0. The number of halogens is 1. The molecule has 0 amide bonds. The normalized spacial score (nSPS) is 11.0. The topological polar surface area (TPSA) is 38.7 Å². The molecule has 0 aliphatic carbocycles. The number of hydrogen-bond donors (Lipinski definition) is 0. The highest BCUT2D eigenvalue weighted by molar-refractivity contribution is 7.99. The molecule has 18 heavy (non-hydrogen) atoms. The van der Waals surface area contributed by atoms with Crippen molar-refractivity contribution in [1.29, 1.82) is 0 Å². The van der Waals surface area contributed by atoms with E-state index in [-0.39, 0.29) is 0 Å². The van der Waals surface area contributed by atoms with E-state index in [0.717, 1.165) is 20.1 Å². The molecule has 3 rings (SSSR count). The molecule has 3 heterocycles. The number of fused-ring (bicyclic) bond motifs is 1. The first kappa shape index (κ1) is 11.9. The van der Waals surface area contributed by atoms with Crippen LogP contribution in [0.3, 0.4) is 0 Å². The van der Waals surface area contributed by atoms with Crippen molar-refractivity contribution in [3.63, 3.8) is 0 Å². The van der Waals surface area contributed by atoms with E-state index in [1.807, 2.05) is 12.1 Å². The summed E-state index contributed by atoms with van der Waals surface area (Å²) in [5.41, 5.74) is 0. The number of rotatable bonds is 2. The zero-order valence-electron chi connectivity index (χ0n) is 9.42. The molecule has 3 aromatic rings. The van der Waals surface area contributed by atoms with Crippen LogP contribution >= 0.6 is 34.7 Å². The number of thiophene rings is 1. The number of hydrogen-bond acceptors (Lipinski definition) is 5. The molecule has 0 aliphatic rings. The van der Waals surface area contributed by atoms with Gasteiger partial charge in [0, 0.05) is 27.6 Å². The Kier molecular flexibility index (Phi) is 3.20. The third kappa shape index (κ3) is 2.34. The Morgan fingerprint density at radius 1 is 1.22 bits per heavy atom. The molecule has 90 valence electrons. The van der Waals surface area contributed by atoms with E-state index in [1.165, 1.54) is 4.88 Å². The number of aromatic nitrogens is 3. The maximum absolute atomic E-state index is 5.96. The lowest BCUT2D eigenvalue weighted by molar-refractivity contribution is 1.11. The third-order valence-corrected chi connectivity index (χ3v) is 4.44. The second-order valence-electron chi connectivity index (χ2n) is 3.66. The zero-order valence-corrected chi connectivity index (χ0v) is 11.8. The van der Waals surface area contributed by atoms with Gasteiger partial charge < -0.3 is 0 Å². The van der Waals surface area contributed by atoms with Crippen LogP contribution < -0.4 is 0 Å². The average Bonchev–Trinajstić information content (AvgIpc) is 2.71. The van der Waals surface area contributed by atoms with E-state index in [1.54, 1.807) is 35.5 Å². The molecular weight excluding hydrogens is 286 g/mol. The minimum Gasteiger partial charge on any atom is -0.265 e. The summed E-state index contributed by atoms with van der Waals surface area (Å²) in [5.74, 6) is 0. The van der Waals surface area contributed by atoms with Crippen LogP contribution in [0.15, 0.2) is 40.5 Å². The number of nitrogens with zero attached hydrogens (tertiary/aromatic N) is 3. The van der Waals surface area contributed by atoms with Crippen LogP contribution in [0.2, 0.25) is 5.28 Å². The Balaban J connectivity index is 2.10. The van der Waals surface area contributed by atoms with Gasteiger partial charge in [-0.1, -0.05) is 11.8 Å². The van der Waals surface area contributed by atoms with Crippen molar-refractivity contribution in [2.75, 3.05) is 0 Å². The van der Waals surface area contributed by atoms with E-state index in [4.69, 9.17) is 11.6 Å². The van der Waals surface area contributed by atoms with Gasteiger partial charge in [0.1, 0.15) is 9.86 Å². The largest absolute Gasteiger partial charge is 0.265 e. The minimum absolute atomic E-state index is 0.293. The van der Waals surface area contributed by atoms with Crippen LogP contribution in [0.5, 0.6) is 0 Å². The molecule has 0 saturated carbocycles. The van der Waals surface area contributed by atoms with Crippen LogP contribution in [0.1, 0.15) is 4.88 Å². The molecule has 0 aromatic carbocycles. The van der Waals surface area contributed by atoms with Crippen LogP contribution in [0.4, 0.5) is 0 Å². The second-order valence-corrected chi connectivity index (χ2v) is 6.29. The van der Waals surface area contributed by atoms with Gasteiger partial charge in [0.25, 0.3) is 0 Å². The summed E-state index contributed by atoms with van der Waals surface area (Å²) in [6.07, 6.45) is 3.53. The standard InChI is InChI=1S/C12H8ClN3S2/c1-7-6-9-10(17-7)15-12(13)16-11(9)18-8-2-4-14-5-3-8/h2-6H,1H3. The fourth-order valence-electron chi connectivity index (χ4n) is 1.59. The van der Waals surface area contributed by atoms with Gasteiger partial charge >= 0.3 is 0 Å². The summed E-state index contributed by atoms with van der Waals surface area (Å²) in [6.45, 7) is 2.06. The highest BCUT2D eigenvalue weighted by Gasteiger charge is 2.10. The van der Waals surface area contributed by atoms with Crippen LogP contribution in [0.25, 0.3) is 10.2 Å². The predicted octanol–water partition coefficient (Wildman–Crippen LogP) is 4.20. The van der Waals surface area contributed by atoms with E-state index in [9.17, 15) is 0 Å². The summed E-state index contributed by atoms with van der Waals surface area (Å²) in [5, 5.41) is 2.24. The first-order valence-corrected chi connectivity index (χ1v) is 7.25. The minimum atomic E-state index is 0.293. The van der Waals surface area contributed by atoms with Crippen molar-refractivity contribution < 1.29 is 0 Å². The molecule has 0 unspecified atom stereocenters. The Labute approximate surface area is 117 Å². The van der Waals surface area contributed by atoms with Crippen LogP contribution in [0, 0.1) is 6.92 Å². The molecule has 0 bridgehead atoms. The van der Waals surface area contributed by atoms with Crippen molar-refractivity contribution in [3.8, 4) is 0 Å². The third-order valence-electron chi connectivity index (χ3n) is 2.32. The molecule has 3 aromatic heterocycles. The number of pyridine rings is 1. The van der Waals surface area contributed by atoms with Crippen molar-refractivity contribution in [3.05, 3.63) is 40.8 Å².